The molecule has 70 valence electrons. The number of amides is 1. The Kier molecular flexibility index (Phi) is 2.69. The van der Waals surface area contributed by atoms with Crippen molar-refractivity contribution in [2.24, 2.45) is 0 Å². The van der Waals surface area contributed by atoms with Crippen LogP contribution in [0.5, 0.6) is 0 Å². The van der Waals surface area contributed by atoms with Crippen LogP contribution in [0.1, 0.15) is 27.2 Å². The van der Waals surface area contributed by atoms with Gasteiger partial charge in [-0.05, 0) is 20.8 Å². The molecule has 1 amide bonds. The average molecular weight is 172 g/mol. The molecule has 1 fully saturated rings. The minimum atomic E-state index is -0.177. The normalized spacial score (nSPS) is 25.2. The van der Waals surface area contributed by atoms with E-state index in [1.54, 1.807) is 0 Å². The molecule has 0 spiro atoms. The summed E-state index contributed by atoms with van der Waals surface area (Å²) in [5, 5.41) is 0. The van der Waals surface area contributed by atoms with Crippen molar-refractivity contribution in [1.82, 2.24) is 10.9 Å². The molecule has 4 nitrogen and oxygen atoms in total. The molecule has 0 aliphatic carbocycles. The number of nitrogens with one attached hydrogen (secondary N) is 2. The van der Waals surface area contributed by atoms with Gasteiger partial charge in [0.05, 0.1) is 18.1 Å². The molecule has 1 aliphatic rings. The topological polar surface area (TPSA) is 50.4 Å². The van der Waals surface area contributed by atoms with Crippen molar-refractivity contribution >= 4 is 5.91 Å². The highest BCUT2D eigenvalue weighted by molar-refractivity contribution is 5.76. The van der Waals surface area contributed by atoms with Crippen molar-refractivity contribution in [1.29, 1.82) is 0 Å². The predicted molar refractivity (Wildman–Crippen MR) is 45.4 cm³/mol. The van der Waals surface area contributed by atoms with Crippen molar-refractivity contribution in [3.63, 3.8) is 0 Å². The van der Waals surface area contributed by atoms with E-state index in [1.807, 2.05) is 20.8 Å². The highest BCUT2D eigenvalue weighted by atomic mass is 16.5. The maximum Gasteiger partial charge on any atom is 0.236 e. The van der Waals surface area contributed by atoms with Crippen molar-refractivity contribution in [2.75, 3.05) is 6.54 Å². The number of hydrazine groups is 1. The molecule has 1 rings (SSSR count). The number of carbonyl (C=O) groups is 1. The minimum absolute atomic E-state index is 0.00116. The number of hydrogen-bond acceptors (Lipinski definition) is 3. The molecule has 0 aromatic rings. The van der Waals surface area contributed by atoms with E-state index >= 15 is 0 Å². The SMILES string of the molecule is CC(C)(C)OC1CNNC(=O)C1. The molecule has 0 radical (unpaired) electrons. The molecular weight excluding hydrogens is 156 g/mol. The molecule has 0 saturated carbocycles. The first kappa shape index (κ1) is 9.48. The van der Waals surface area contributed by atoms with E-state index in [9.17, 15) is 4.79 Å². The first-order valence-electron chi connectivity index (χ1n) is 4.17. The fourth-order valence-corrected chi connectivity index (χ4v) is 1.18. The fourth-order valence-electron chi connectivity index (χ4n) is 1.18. The van der Waals surface area contributed by atoms with Crippen LogP contribution in [0.25, 0.3) is 0 Å². The highest BCUT2D eigenvalue weighted by Crippen LogP contribution is 2.13. The highest BCUT2D eigenvalue weighted by Gasteiger charge is 2.24. The van der Waals surface area contributed by atoms with Crippen LogP contribution in [-0.2, 0) is 9.53 Å². The fraction of sp³-hybridized carbons (Fsp3) is 0.875. The van der Waals surface area contributed by atoms with Crippen LogP contribution in [0.3, 0.4) is 0 Å². The first-order chi connectivity index (χ1) is 5.47. The summed E-state index contributed by atoms with van der Waals surface area (Å²) >= 11 is 0. The molecule has 2 N–H and O–H groups in total. The third-order valence-corrected chi connectivity index (χ3v) is 1.49. The lowest BCUT2D eigenvalue weighted by Crippen LogP contribution is -2.51. The van der Waals surface area contributed by atoms with Gasteiger partial charge in [0.15, 0.2) is 0 Å². The largest absolute Gasteiger partial charge is 0.371 e. The maximum absolute atomic E-state index is 10.9. The van der Waals surface area contributed by atoms with Crippen molar-refractivity contribution in [3.05, 3.63) is 0 Å². The maximum atomic E-state index is 10.9. The number of hydrogen-bond donors (Lipinski definition) is 2. The summed E-state index contributed by atoms with van der Waals surface area (Å²) in [6.07, 6.45) is 0.448. The number of rotatable bonds is 1. The molecule has 0 bridgehead atoms. The minimum Gasteiger partial charge on any atom is -0.371 e. The van der Waals surface area contributed by atoms with Crippen LogP contribution < -0.4 is 10.9 Å². The zero-order valence-electron chi connectivity index (χ0n) is 7.81. The monoisotopic (exact) mass is 172 g/mol. The van der Waals surface area contributed by atoms with E-state index < -0.39 is 0 Å². The molecule has 1 aliphatic heterocycles. The van der Waals surface area contributed by atoms with Gasteiger partial charge in [-0.3, -0.25) is 10.2 Å². The molecule has 0 aromatic carbocycles. The number of ether oxygens (including phenoxy) is 1. The van der Waals surface area contributed by atoms with Crippen molar-refractivity contribution < 1.29 is 9.53 Å². The average Bonchev–Trinajstić information content (AvgIpc) is 1.82. The van der Waals surface area contributed by atoms with E-state index in [4.69, 9.17) is 4.74 Å². The third kappa shape index (κ3) is 3.19. The zero-order chi connectivity index (χ0) is 9.19. The van der Waals surface area contributed by atoms with Crippen LogP contribution in [-0.4, -0.2) is 24.2 Å². The van der Waals surface area contributed by atoms with Gasteiger partial charge in [0.2, 0.25) is 5.91 Å². The van der Waals surface area contributed by atoms with Gasteiger partial charge in [-0.25, -0.2) is 5.43 Å². The Morgan fingerprint density at radius 3 is 2.67 bits per heavy atom. The van der Waals surface area contributed by atoms with Crippen molar-refractivity contribution in [2.45, 2.75) is 38.9 Å². The lowest BCUT2D eigenvalue weighted by molar-refractivity contribution is -0.133. The summed E-state index contributed by atoms with van der Waals surface area (Å²) in [4.78, 5) is 10.9. The van der Waals surface area contributed by atoms with Crippen LogP contribution in [0.15, 0.2) is 0 Å². The summed E-state index contributed by atoms with van der Waals surface area (Å²) in [5.74, 6) is -0.00417. The molecular formula is C8H16N2O2. The Bertz CT molecular complexity index is 174. The standard InChI is InChI=1S/C8H16N2O2/c1-8(2,3)12-6-4-7(11)10-9-5-6/h6,9H,4-5H2,1-3H3,(H,10,11). The van der Waals surface area contributed by atoms with Gasteiger partial charge in [0, 0.05) is 6.54 Å². The van der Waals surface area contributed by atoms with E-state index in [2.05, 4.69) is 10.9 Å². The van der Waals surface area contributed by atoms with Crippen molar-refractivity contribution in [3.8, 4) is 0 Å². The Morgan fingerprint density at radius 1 is 1.50 bits per heavy atom. The van der Waals surface area contributed by atoms with Crippen LogP contribution >= 0.6 is 0 Å². The van der Waals surface area contributed by atoms with Gasteiger partial charge in [-0.15, -0.1) is 0 Å². The smallest absolute Gasteiger partial charge is 0.236 e. The molecule has 1 heterocycles. The third-order valence-electron chi connectivity index (χ3n) is 1.49. The summed E-state index contributed by atoms with van der Waals surface area (Å²) < 4.78 is 5.63. The number of carbonyl (C=O) groups excluding carboxylic acids is 1. The summed E-state index contributed by atoms with van der Waals surface area (Å²) in [5.41, 5.74) is 5.13. The van der Waals surface area contributed by atoms with Gasteiger partial charge in [-0.2, -0.15) is 0 Å². The van der Waals surface area contributed by atoms with E-state index in [1.165, 1.54) is 0 Å². The molecule has 4 heteroatoms. The Labute approximate surface area is 72.6 Å². The van der Waals surface area contributed by atoms with Gasteiger partial charge in [-0.1, -0.05) is 0 Å². The molecule has 0 aromatic heterocycles. The van der Waals surface area contributed by atoms with Crippen LogP contribution in [0, 0.1) is 0 Å². The van der Waals surface area contributed by atoms with Gasteiger partial charge in [0.25, 0.3) is 0 Å². The second kappa shape index (κ2) is 3.41. The van der Waals surface area contributed by atoms with Crippen LogP contribution in [0.2, 0.25) is 0 Å². The van der Waals surface area contributed by atoms with Gasteiger partial charge >= 0.3 is 0 Å². The quantitative estimate of drug-likeness (QED) is 0.594. The van der Waals surface area contributed by atoms with E-state index in [0.717, 1.165) is 0 Å². The second-order valence-electron chi connectivity index (χ2n) is 3.99. The predicted octanol–water partition coefficient (Wildman–Crippen LogP) is 0.195. The first-order valence-corrected chi connectivity index (χ1v) is 4.17. The lowest BCUT2D eigenvalue weighted by atomic mass is 10.1. The van der Waals surface area contributed by atoms with Gasteiger partial charge in [0.1, 0.15) is 0 Å². The molecule has 1 unspecified atom stereocenters. The van der Waals surface area contributed by atoms with E-state index in [-0.39, 0.29) is 17.6 Å². The van der Waals surface area contributed by atoms with Crippen LogP contribution in [0.4, 0.5) is 0 Å². The molecule has 1 atom stereocenters. The lowest BCUT2D eigenvalue weighted by Gasteiger charge is -2.30. The Morgan fingerprint density at radius 2 is 2.17 bits per heavy atom. The van der Waals surface area contributed by atoms with Gasteiger partial charge < -0.3 is 4.74 Å². The summed E-state index contributed by atoms with van der Waals surface area (Å²) in [6, 6.07) is 0. The Hall–Kier alpha value is -0.610. The summed E-state index contributed by atoms with van der Waals surface area (Å²) in [6.45, 7) is 6.64. The zero-order valence-corrected chi connectivity index (χ0v) is 7.81. The van der Waals surface area contributed by atoms with E-state index in [0.29, 0.717) is 13.0 Å². The molecule has 1 saturated heterocycles. The molecule has 12 heavy (non-hydrogen) atoms. The Balaban J connectivity index is 2.37. The second-order valence-corrected chi connectivity index (χ2v) is 3.99. The summed E-state index contributed by atoms with van der Waals surface area (Å²) in [7, 11) is 0.